The molecule has 0 bridgehead atoms. The highest BCUT2D eigenvalue weighted by Gasteiger charge is 2.21. The van der Waals surface area contributed by atoms with Crippen LogP contribution >= 0.6 is 15.9 Å². The molecule has 90 valence electrons. The predicted molar refractivity (Wildman–Crippen MR) is 64.3 cm³/mol. The summed E-state index contributed by atoms with van der Waals surface area (Å²) in [6, 6.07) is 3.80. The Hall–Kier alpha value is -1.61. The molecule has 0 aliphatic carbocycles. The van der Waals surface area contributed by atoms with E-state index >= 15 is 0 Å². The van der Waals surface area contributed by atoms with Gasteiger partial charge in [-0.05, 0) is 35.0 Å². The number of halogens is 2. The summed E-state index contributed by atoms with van der Waals surface area (Å²) in [6.45, 7) is 1.45. The van der Waals surface area contributed by atoms with Gasteiger partial charge < -0.3 is 10.0 Å². The summed E-state index contributed by atoms with van der Waals surface area (Å²) in [4.78, 5) is 12.1. The van der Waals surface area contributed by atoms with Gasteiger partial charge in [0.1, 0.15) is 12.1 Å². The number of carboxylic acid groups (broad SMARTS) is 1. The molecule has 4 nitrogen and oxygen atoms in total. The van der Waals surface area contributed by atoms with Crippen LogP contribution in [0.15, 0.2) is 16.6 Å². The van der Waals surface area contributed by atoms with Gasteiger partial charge in [-0.1, -0.05) is 0 Å². The van der Waals surface area contributed by atoms with Gasteiger partial charge in [-0.3, -0.25) is 0 Å². The molecule has 1 unspecified atom stereocenters. The number of aliphatic carboxylic acids is 1. The van der Waals surface area contributed by atoms with Crippen molar-refractivity contribution in [2.45, 2.75) is 13.0 Å². The van der Waals surface area contributed by atoms with E-state index < -0.39 is 17.8 Å². The Labute approximate surface area is 106 Å². The number of rotatable bonds is 3. The number of benzene rings is 1. The van der Waals surface area contributed by atoms with Crippen LogP contribution in [-0.4, -0.2) is 24.2 Å². The third-order valence-electron chi connectivity index (χ3n) is 2.50. The minimum Gasteiger partial charge on any atom is -0.480 e. The lowest BCUT2D eigenvalue weighted by atomic mass is 10.2. The highest BCUT2D eigenvalue weighted by Crippen LogP contribution is 2.29. The van der Waals surface area contributed by atoms with Crippen LogP contribution in [0.25, 0.3) is 0 Å². The fraction of sp³-hybridized carbons (Fsp3) is 0.273. The Balaban J connectivity index is 3.21. The topological polar surface area (TPSA) is 64.3 Å². The first kappa shape index (κ1) is 13.5. The molecule has 0 aliphatic rings. The van der Waals surface area contributed by atoms with Crippen molar-refractivity contribution in [1.82, 2.24) is 0 Å². The Morgan fingerprint density at radius 1 is 1.65 bits per heavy atom. The van der Waals surface area contributed by atoms with Gasteiger partial charge in [-0.25, -0.2) is 9.18 Å². The van der Waals surface area contributed by atoms with Crippen LogP contribution in [0.3, 0.4) is 0 Å². The Bertz CT molecular complexity index is 499. The van der Waals surface area contributed by atoms with Gasteiger partial charge in [0.2, 0.25) is 0 Å². The van der Waals surface area contributed by atoms with Crippen molar-refractivity contribution in [2.75, 3.05) is 11.9 Å². The lowest BCUT2D eigenvalue weighted by Crippen LogP contribution is -2.36. The Morgan fingerprint density at radius 3 is 2.71 bits per heavy atom. The second-order valence-corrected chi connectivity index (χ2v) is 4.29. The summed E-state index contributed by atoms with van der Waals surface area (Å²) in [6.07, 6.45) is 0. The minimum atomic E-state index is -1.05. The largest absolute Gasteiger partial charge is 0.480 e. The van der Waals surface area contributed by atoms with Gasteiger partial charge >= 0.3 is 5.97 Å². The maximum Gasteiger partial charge on any atom is 0.326 e. The quantitative estimate of drug-likeness (QED) is 0.931. The number of likely N-dealkylation sites (N-methyl/N-ethyl adjacent to an activating group) is 1. The summed E-state index contributed by atoms with van der Waals surface area (Å²) >= 11 is 2.97. The fourth-order valence-corrected chi connectivity index (χ4v) is 1.70. The summed E-state index contributed by atoms with van der Waals surface area (Å²) in [5, 5.41) is 17.6. The van der Waals surface area contributed by atoms with Gasteiger partial charge in [-0.15, -0.1) is 0 Å². The first-order chi connectivity index (χ1) is 7.90. The zero-order valence-electron chi connectivity index (χ0n) is 9.24. The van der Waals surface area contributed by atoms with Crippen molar-refractivity contribution < 1.29 is 14.3 Å². The van der Waals surface area contributed by atoms with Crippen molar-refractivity contribution in [1.29, 1.82) is 5.26 Å². The van der Waals surface area contributed by atoms with E-state index in [2.05, 4.69) is 15.9 Å². The van der Waals surface area contributed by atoms with Crippen LogP contribution in [0.2, 0.25) is 0 Å². The summed E-state index contributed by atoms with van der Waals surface area (Å²) < 4.78 is 13.9. The van der Waals surface area contributed by atoms with Crippen molar-refractivity contribution in [3.8, 4) is 6.07 Å². The van der Waals surface area contributed by atoms with Crippen LogP contribution in [0.4, 0.5) is 10.1 Å². The zero-order chi connectivity index (χ0) is 13.2. The van der Waals surface area contributed by atoms with Crippen LogP contribution in [0, 0.1) is 17.1 Å². The van der Waals surface area contributed by atoms with Gasteiger partial charge in [0.25, 0.3) is 0 Å². The van der Waals surface area contributed by atoms with E-state index in [-0.39, 0.29) is 15.7 Å². The molecule has 1 aromatic rings. The first-order valence-corrected chi connectivity index (χ1v) is 5.53. The summed E-state index contributed by atoms with van der Waals surface area (Å²) in [5.41, 5.74) is 0.299. The lowest BCUT2D eigenvalue weighted by Gasteiger charge is -2.24. The number of carboxylic acids is 1. The molecular formula is C11H10BrFN2O2. The highest BCUT2D eigenvalue weighted by molar-refractivity contribution is 9.10. The van der Waals surface area contributed by atoms with Crippen molar-refractivity contribution in [3.05, 3.63) is 28.0 Å². The molecular weight excluding hydrogens is 291 g/mol. The second-order valence-electron chi connectivity index (χ2n) is 3.50. The maximum absolute atomic E-state index is 13.9. The van der Waals surface area contributed by atoms with Crippen molar-refractivity contribution >= 4 is 27.6 Å². The average molecular weight is 301 g/mol. The number of hydrogen-bond donors (Lipinski definition) is 1. The molecule has 0 saturated heterocycles. The number of carbonyl (C=O) groups is 1. The standard InChI is InChI=1S/C11H10BrFN2O2/c1-6(11(16)17)15(2)8-4-3-7(5-14)9(12)10(8)13/h3-4,6H,1-2H3,(H,16,17). The van der Waals surface area contributed by atoms with Crippen molar-refractivity contribution in [2.24, 2.45) is 0 Å². The van der Waals surface area contributed by atoms with Crippen LogP contribution in [0.1, 0.15) is 12.5 Å². The van der Waals surface area contributed by atoms with Crippen LogP contribution in [0.5, 0.6) is 0 Å². The van der Waals surface area contributed by atoms with E-state index in [9.17, 15) is 9.18 Å². The molecule has 0 saturated carbocycles. The second kappa shape index (κ2) is 5.15. The van der Waals surface area contributed by atoms with E-state index in [1.54, 1.807) is 0 Å². The molecule has 1 atom stereocenters. The normalized spacial score (nSPS) is 11.7. The molecule has 1 aromatic carbocycles. The monoisotopic (exact) mass is 300 g/mol. The van der Waals surface area contributed by atoms with Crippen LogP contribution in [-0.2, 0) is 4.79 Å². The van der Waals surface area contributed by atoms with Gasteiger partial charge in [0, 0.05) is 7.05 Å². The molecule has 0 heterocycles. The van der Waals surface area contributed by atoms with Crippen molar-refractivity contribution in [3.63, 3.8) is 0 Å². The third kappa shape index (κ3) is 2.56. The number of hydrogen-bond acceptors (Lipinski definition) is 3. The first-order valence-electron chi connectivity index (χ1n) is 4.74. The Morgan fingerprint density at radius 2 is 2.24 bits per heavy atom. The molecule has 0 fully saturated rings. The molecule has 6 heteroatoms. The SMILES string of the molecule is CC(C(=O)O)N(C)c1ccc(C#N)c(Br)c1F. The van der Waals surface area contributed by atoms with Crippen LogP contribution < -0.4 is 4.90 Å². The molecule has 17 heavy (non-hydrogen) atoms. The smallest absolute Gasteiger partial charge is 0.326 e. The predicted octanol–water partition coefficient (Wildman–Crippen LogP) is 2.37. The summed E-state index contributed by atoms with van der Waals surface area (Å²) in [7, 11) is 1.48. The van der Waals surface area contributed by atoms with Gasteiger partial charge in [0.15, 0.2) is 5.82 Å². The molecule has 0 spiro atoms. The van der Waals surface area contributed by atoms with Gasteiger partial charge in [0.05, 0.1) is 15.7 Å². The van der Waals surface area contributed by atoms with E-state index in [4.69, 9.17) is 10.4 Å². The molecule has 1 rings (SSSR count). The number of nitrogens with zero attached hydrogens (tertiary/aromatic N) is 2. The molecule has 0 aromatic heterocycles. The summed E-state index contributed by atoms with van der Waals surface area (Å²) in [5.74, 6) is -1.69. The highest BCUT2D eigenvalue weighted by atomic mass is 79.9. The zero-order valence-corrected chi connectivity index (χ0v) is 10.8. The minimum absolute atomic E-state index is 0.0435. The average Bonchev–Trinajstić information content (AvgIpc) is 2.30. The third-order valence-corrected chi connectivity index (χ3v) is 3.28. The van der Waals surface area contributed by atoms with E-state index in [1.807, 2.05) is 6.07 Å². The van der Waals surface area contributed by atoms with E-state index in [0.717, 1.165) is 0 Å². The lowest BCUT2D eigenvalue weighted by molar-refractivity contribution is -0.138. The Kier molecular flexibility index (Phi) is 4.07. The number of anilines is 1. The molecule has 0 radical (unpaired) electrons. The molecule has 0 amide bonds. The van der Waals surface area contributed by atoms with E-state index in [0.29, 0.717) is 0 Å². The maximum atomic E-state index is 13.9. The number of nitriles is 1. The van der Waals surface area contributed by atoms with Gasteiger partial charge in [-0.2, -0.15) is 5.26 Å². The fourth-order valence-electron chi connectivity index (χ4n) is 1.27. The molecule has 1 N–H and O–H groups in total. The van der Waals surface area contributed by atoms with E-state index in [1.165, 1.54) is 31.0 Å². The molecule has 0 aliphatic heterocycles.